The van der Waals surface area contributed by atoms with Gasteiger partial charge < -0.3 is 4.74 Å². The number of rotatable bonds is 16. The Morgan fingerprint density at radius 3 is 1.56 bits per heavy atom. The minimum absolute atomic E-state index is 0.285. The highest BCUT2D eigenvalue weighted by molar-refractivity contribution is 7.87. The van der Waals surface area contributed by atoms with Crippen molar-refractivity contribution in [3.05, 3.63) is 0 Å². The molecule has 0 aliphatic carbocycles. The van der Waals surface area contributed by atoms with Crippen LogP contribution in [0.1, 0.15) is 77.0 Å². The lowest BCUT2D eigenvalue weighted by molar-refractivity contribution is -0.161. The van der Waals surface area contributed by atoms with Crippen molar-refractivity contribution >= 4 is 27.7 Å². The summed E-state index contributed by atoms with van der Waals surface area (Å²) in [6.07, 6.45) is 12.5. The van der Waals surface area contributed by atoms with Gasteiger partial charge in [0.05, 0.1) is 6.61 Å². The van der Waals surface area contributed by atoms with E-state index < -0.39 is 21.3 Å². The third kappa shape index (κ3) is 11.7. The first-order valence-electron chi connectivity index (χ1n) is 8.81. The number of hydrogen-bond donors (Lipinski definition) is 1. The van der Waals surface area contributed by atoms with Crippen molar-refractivity contribution in [2.45, 2.75) is 82.3 Å². The van der Waals surface area contributed by atoms with Gasteiger partial charge in [-0.25, -0.2) is 4.79 Å². The molecule has 0 saturated carbocycles. The Hall–Kier alpha value is -0.470. The number of unbranched alkanes of at least 4 members (excludes halogenated alkanes) is 11. The maximum atomic E-state index is 12.9. The fourth-order valence-corrected chi connectivity index (χ4v) is 2.78. The van der Waals surface area contributed by atoms with Crippen LogP contribution in [0.3, 0.4) is 0 Å². The summed E-state index contributed by atoms with van der Waals surface area (Å²) in [6, 6.07) is 0. The number of halogens is 3. The minimum Gasteiger partial charge on any atom is -0.460 e. The van der Waals surface area contributed by atoms with Crippen LogP contribution < -0.4 is 0 Å². The molecule has 0 aromatic heterocycles. The molecule has 1 N–H and O–H groups in total. The molecule has 0 spiro atoms. The zero-order valence-electron chi connectivity index (χ0n) is 14.5. The summed E-state index contributed by atoms with van der Waals surface area (Å²) in [5.74, 6) is -1.50. The molecule has 5 nitrogen and oxygen atoms in total. The second-order valence-corrected chi connectivity index (χ2v) is 7.90. The van der Waals surface area contributed by atoms with E-state index in [1.807, 2.05) is 0 Å². The standard InChI is InChI=1S/C16H29ClF2O5S/c17-13-11-9-7-5-3-1-2-4-6-8-10-12-14-24-15(20)16(18,19)25(21,22)23/h1-14H2,(H,21,22,23). The molecule has 0 rings (SSSR count). The van der Waals surface area contributed by atoms with Crippen molar-refractivity contribution in [3.8, 4) is 0 Å². The third-order valence-corrected chi connectivity index (χ3v) is 4.90. The van der Waals surface area contributed by atoms with Crippen LogP contribution in [0.15, 0.2) is 0 Å². The van der Waals surface area contributed by atoms with E-state index in [1.54, 1.807) is 0 Å². The monoisotopic (exact) mass is 406 g/mol. The summed E-state index contributed by atoms with van der Waals surface area (Å²) >= 11 is 5.61. The molecular formula is C16H29ClF2O5S. The third-order valence-electron chi connectivity index (χ3n) is 3.82. The predicted molar refractivity (Wildman–Crippen MR) is 93.6 cm³/mol. The number of alkyl halides is 3. The Morgan fingerprint density at radius 2 is 1.20 bits per heavy atom. The van der Waals surface area contributed by atoms with Crippen LogP contribution in [0, 0.1) is 0 Å². The lowest BCUT2D eigenvalue weighted by Crippen LogP contribution is -2.39. The average molecular weight is 407 g/mol. The molecule has 0 radical (unpaired) electrons. The number of ether oxygens (including phenoxy) is 1. The molecule has 0 unspecified atom stereocenters. The van der Waals surface area contributed by atoms with E-state index in [0.717, 1.165) is 31.6 Å². The Balaban J connectivity index is 3.44. The number of carbonyl (C=O) groups is 1. The maximum Gasteiger partial charge on any atom is 0.465 e. The first-order valence-corrected chi connectivity index (χ1v) is 10.8. The van der Waals surface area contributed by atoms with Gasteiger partial charge in [-0.2, -0.15) is 17.2 Å². The lowest BCUT2D eigenvalue weighted by Gasteiger charge is -2.11. The second-order valence-electron chi connectivity index (χ2n) is 6.06. The molecule has 0 atom stereocenters. The fourth-order valence-electron chi connectivity index (χ4n) is 2.32. The molecular weight excluding hydrogens is 378 g/mol. The van der Waals surface area contributed by atoms with Gasteiger partial charge in [-0.1, -0.05) is 64.2 Å². The van der Waals surface area contributed by atoms with Crippen molar-refractivity contribution in [2.75, 3.05) is 12.5 Å². The van der Waals surface area contributed by atoms with Gasteiger partial charge in [0.2, 0.25) is 0 Å². The first kappa shape index (κ1) is 24.5. The van der Waals surface area contributed by atoms with Gasteiger partial charge in [-0.3, -0.25) is 4.55 Å². The summed E-state index contributed by atoms with van der Waals surface area (Å²) in [6.45, 7) is -0.285. The average Bonchev–Trinajstić information content (AvgIpc) is 2.53. The molecule has 0 heterocycles. The molecule has 0 aliphatic heterocycles. The number of hydrogen-bond acceptors (Lipinski definition) is 4. The second kappa shape index (κ2) is 13.7. The van der Waals surface area contributed by atoms with Crippen molar-refractivity contribution in [3.63, 3.8) is 0 Å². The molecule has 0 aliphatic rings. The van der Waals surface area contributed by atoms with E-state index in [-0.39, 0.29) is 6.61 Å². The van der Waals surface area contributed by atoms with E-state index in [1.165, 1.54) is 38.5 Å². The lowest BCUT2D eigenvalue weighted by atomic mass is 10.1. The Bertz CT molecular complexity index is 457. The van der Waals surface area contributed by atoms with Crippen molar-refractivity contribution < 1.29 is 31.3 Å². The summed E-state index contributed by atoms with van der Waals surface area (Å²) < 4.78 is 58.9. The van der Waals surface area contributed by atoms with Crippen LogP contribution in [0.2, 0.25) is 0 Å². The van der Waals surface area contributed by atoms with Gasteiger partial charge >= 0.3 is 21.3 Å². The Morgan fingerprint density at radius 1 is 0.840 bits per heavy atom. The fraction of sp³-hybridized carbons (Fsp3) is 0.938. The highest BCUT2D eigenvalue weighted by Crippen LogP contribution is 2.22. The smallest absolute Gasteiger partial charge is 0.460 e. The van der Waals surface area contributed by atoms with Crippen LogP contribution in [-0.2, 0) is 19.6 Å². The minimum atomic E-state index is -5.78. The highest BCUT2D eigenvalue weighted by atomic mass is 35.5. The predicted octanol–water partition coefficient (Wildman–Crippen LogP) is 4.93. The van der Waals surface area contributed by atoms with E-state index in [2.05, 4.69) is 4.74 Å². The van der Waals surface area contributed by atoms with Gasteiger partial charge in [0.25, 0.3) is 0 Å². The largest absolute Gasteiger partial charge is 0.465 e. The van der Waals surface area contributed by atoms with Crippen molar-refractivity contribution in [1.82, 2.24) is 0 Å². The molecule has 0 bridgehead atoms. The van der Waals surface area contributed by atoms with E-state index >= 15 is 0 Å². The quantitative estimate of drug-likeness (QED) is 0.170. The molecule has 0 saturated heterocycles. The van der Waals surface area contributed by atoms with Crippen LogP contribution in [0.4, 0.5) is 8.78 Å². The summed E-state index contributed by atoms with van der Waals surface area (Å²) in [7, 11) is -5.78. The van der Waals surface area contributed by atoms with Crippen LogP contribution in [0.25, 0.3) is 0 Å². The summed E-state index contributed by atoms with van der Waals surface area (Å²) in [5.41, 5.74) is 0. The number of esters is 1. The topological polar surface area (TPSA) is 80.7 Å². The molecule has 0 fully saturated rings. The van der Waals surface area contributed by atoms with E-state index in [4.69, 9.17) is 16.2 Å². The van der Waals surface area contributed by atoms with Crippen molar-refractivity contribution in [2.24, 2.45) is 0 Å². The molecule has 0 amide bonds. The zero-order valence-corrected chi connectivity index (χ0v) is 16.1. The van der Waals surface area contributed by atoms with Crippen LogP contribution in [-0.4, -0.2) is 36.7 Å². The Kier molecular flexibility index (Phi) is 13.4. The van der Waals surface area contributed by atoms with Gasteiger partial charge in [-0.15, -0.1) is 11.6 Å². The van der Waals surface area contributed by atoms with E-state index in [9.17, 15) is 22.0 Å². The first-order chi connectivity index (χ1) is 11.7. The van der Waals surface area contributed by atoms with E-state index in [0.29, 0.717) is 12.8 Å². The van der Waals surface area contributed by atoms with Gasteiger partial charge in [0.15, 0.2) is 0 Å². The molecule has 25 heavy (non-hydrogen) atoms. The molecule has 0 aromatic rings. The normalized spacial score (nSPS) is 12.3. The molecule has 0 aromatic carbocycles. The molecule has 9 heteroatoms. The van der Waals surface area contributed by atoms with Crippen LogP contribution >= 0.6 is 11.6 Å². The van der Waals surface area contributed by atoms with Gasteiger partial charge in [0, 0.05) is 5.88 Å². The van der Waals surface area contributed by atoms with Gasteiger partial charge in [0.1, 0.15) is 0 Å². The number of carbonyl (C=O) groups excluding carboxylic acids is 1. The molecule has 150 valence electrons. The van der Waals surface area contributed by atoms with Gasteiger partial charge in [-0.05, 0) is 12.8 Å². The van der Waals surface area contributed by atoms with Crippen LogP contribution in [0.5, 0.6) is 0 Å². The maximum absolute atomic E-state index is 12.9. The zero-order chi connectivity index (χ0) is 19.2. The van der Waals surface area contributed by atoms with Crippen molar-refractivity contribution in [1.29, 1.82) is 0 Å². The SMILES string of the molecule is O=C(OCCCCCCCCCCCCCCCl)C(F)(F)S(=O)(=O)O. The Labute approximate surface area is 154 Å². The highest BCUT2D eigenvalue weighted by Gasteiger charge is 2.54. The summed E-state index contributed by atoms with van der Waals surface area (Å²) in [4.78, 5) is 10.9. The summed E-state index contributed by atoms with van der Waals surface area (Å²) in [5, 5.41) is -4.91.